The maximum atomic E-state index is 14.0. The Morgan fingerprint density at radius 3 is 2.48 bits per heavy atom. The highest BCUT2D eigenvalue weighted by molar-refractivity contribution is 9.10. The van der Waals surface area contributed by atoms with Crippen LogP contribution in [-0.2, 0) is 0 Å². The van der Waals surface area contributed by atoms with Crippen LogP contribution < -0.4 is 5.73 Å². The molecule has 6 heteroatoms. The van der Waals surface area contributed by atoms with Gasteiger partial charge in [-0.2, -0.15) is 5.10 Å². The SMILES string of the molecule is Nc1n[nH]c(-c2cccc(F)c2F)c1-c1ccccc1Br. The van der Waals surface area contributed by atoms with Crippen LogP contribution in [0.25, 0.3) is 22.4 Å². The van der Waals surface area contributed by atoms with E-state index in [0.717, 1.165) is 16.1 Å². The molecule has 0 aliphatic heterocycles. The maximum absolute atomic E-state index is 14.0. The second-order valence-electron chi connectivity index (χ2n) is 4.44. The number of nitrogens with two attached hydrogens (primary N) is 1. The van der Waals surface area contributed by atoms with Crippen molar-refractivity contribution in [3.8, 4) is 22.4 Å². The van der Waals surface area contributed by atoms with Crippen molar-refractivity contribution in [2.24, 2.45) is 0 Å². The summed E-state index contributed by atoms with van der Waals surface area (Å²) in [5, 5.41) is 6.61. The molecule has 0 bridgehead atoms. The maximum Gasteiger partial charge on any atom is 0.168 e. The van der Waals surface area contributed by atoms with Gasteiger partial charge in [-0.25, -0.2) is 8.78 Å². The van der Waals surface area contributed by atoms with Gasteiger partial charge in [0.2, 0.25) is 0 Å². The fourth-order valence-corrected chi connectivity index (χ4v) is 2.67. The van der Waals surface area contributed by atoms with E-state index >= 15 is 0 Å². The summed E-state index contributed by atoms with van der Waals surface area (Å²) < 4.78 is 28.2. The number of hydrogen-bond acceptors (Lipinski definition) is 2. The van der Waals surface area contributed by atoms with Gasteiger partial charge in [0, 0.05) is 15.6 Å². The van der Waals surface area contributed by atoms with E-state index in [-0.39, 0.29) is 11.4 Å². The van der Waals surface area contributed by atoms with E-state index in [2.05, 4.69) is 26.1 Å². The molecule has 0 aliphatic carbocycles. The number of nitrogens with zero attached hydrogens (tertiary/aromatic N) is 1. The van der Waals surface area contributed by atoms with Crippen molar-refractivity contribution >= 4 is 21.7 Å². The average molecular weight is 350 g/mol. The summed E-state index contributed by atoms with van der Waals surface area (Å²) in [7, 11) is 0. The van der Waals surface area contributed by atoms with Gasteiger partial charge in [0.1, 0.15) is 0 Å². The topological polar surface area (TPSA) is 54.7 Å². The Kier molecular flexibility index (Phi) is 3.47. The van der Waals surface area contributed by atoms with Crippen LogP contribution in [0.1, 0.15) is 0 Å². The summed E-state index contributed by atoms with van der Waals surface area (Å²) in [6.45, 7) is 0. The Morgan fingerprint density at radius 1 is 1.00 bits per heavy atom. The third-order valence-electron chi connectivity index (χ3n) is 3.16. The van der Waals surface area contributed by atoms with E-state index in [1.165, 1.54) is 12.1 Å². The Labute approximate surface area is 127 Å². The number of anilines is 1. The largest absolute Gasteiger partial charge is 0.382 e. The molecule has 106 valence electrons. The van der Waals surface area contributed by atoms with Gasteiger partial charge in [-0.15, -0.1) is 0 Å². The van der Waals surface area contributed by atoms with Gasteiger partial charge in [-0.1, -0.05) is 40.2 Å². The van der Waals surface area contributed by atoms with Crippen LogP contribution in [0.5, 0.6) is 0 Å². The van der Waals surface area contributed by atoms with Gasteiger partial charge >= 0.3 is 0 Å². The lowest BCUT2D eigenvalue weighted by Gasteiger charge is -2.08. The third kappa shape index (κ3) is 2.31. The molecule has 1 heterocycles. The Balaban J connectivity index is 2.28. The number of hydrogen-bond donors (Lipinski definition) is 2. The molecule has 1 aromatic heterocycles. The zero-order valence-corrected chi connectivity index (χ0v) is 12.3. The minimum Gasteiger partial charge on any atom is -0.382 e. The molecule has 0 aliphatic rings. The zero-order chi connectivity index (χ0) is 15.0. The summed E-state index contributed by atoms with van der Waals surface area (Å²) in [5.74, 6) is -1.63. The molecule has 3 rings (SSSR count). The fraction of sp³-hybridized carbons (Fsp3) is 0. The van der Waals surface area contributed by atoms with Crippen LogP contribution in [0.2, 0.25) is 0 Å². The number of nitrogens with one attached hydrogen (secondary N) is 1. The number of H-pyrrole nitrogens is 1. The molecular formula is C15H10BrF2N3. The second-order valence-corrected chi connectivity index (χ2v) is 5.29. The van der Waals surface area contributed by atoms with Crippen LogP contribution >= 0.6 is 15.9 Å². The standard InChI is InChI=1S/C15H10BrF2N3/c16-10-6-2-1-4-8(10)12-14(20-21-15(12)19)9-5-3-7-11(17)13(9)18/h1-7H,(H3,19,20,21). The van der Waals surface area contributed by atoms with E-state index in [9.17, 15) is 8.78 Å². The van der Waals surface area contributed by atoms with Gasteiger partial charge in [0.15, 0.2) is 17.5 Å². The number of halogens is 3. The molecule has 0 unspecified atom stereocenters. The highest BCUT2D eigenvalue weighted by atomic mass is 79.9. The first kappa shape index (κ1) is 13.8. The number of rotatable bonds is 2. The Hall–Kier alpha value is -2.21. The molecule has 0 fully saturated rings. The molecule has 2 aromatic carbocycles. The molecule has 3 N–H and O–H groups in total. The van der Waals surface area contributed by atoms with Crippen molar-refractivity contribution in [3.05, 3.63) is 58.6 Å². The highest BCUT2D eigenvalue weighted by Gasteiger charge is 2.20. The monoisotopic (exact) mass is 349 g/mol. The molecule has 0 amide bonds. The molecule has 21 heavy (non-hydrogen) atoms. The molecule has 0 saturated carbocycles. The molecule has 0 spiro atoms. The van der Waals surface area contributed by atoms with Crippen molar-refractivity contribution in [3.63, 3.8) is 0 Å². The number of nitrogen functional groups attached to an aromatic ring is 1. The first-order valence-corrected chi connectivity index (χ1v) is 6.92. The van der Waals surface area contributed by atoms with E-state index in [0.29, 0.717) is 11.3 Å². The normalized spacial score (nSPS) is 10.8. The highest BCUT2D eigenvalue weighted by Crippen LogP contribution is 2.39. The van der Waals surface area contributed by atoms with Crippen LogP contribution in [0.15, 0.2) is 46.9 Å². The Morgan fingerprint density at radius 2 is 1.71 bits per heavy atom. The van der Waals surface area contributed by atoms with Gasteiger partial charge in [0.05, 0.1) is 11.3 Å². The first-order valence-electron chi connectivity index (χ1n) is 6.12. The van der Waals surface area contributed by atoms with Crippen LogP contribution in [0.4, 0.5) is 14.6 Å². The quantitative estimate of drug-likeness (QED) is 0.721. The lowest BCUT2D eigenvalue weighted by molar-refractivity contribution is 0.511. The number of benzene rings is 2. The van der Waals surface area contributed by atoms with Crippen LogP contribution in [-0.4, -0.2) is 10.2 Å². The smallest absolute Gasteiger partial charge is 0.168 e. The van der Waals surface area contributed by atoms with Crippen molar-refractivity contribution in [2.45, 2.75) is 0 Å². The fourth-order valence-electron chi connectivity index (χ4n) is 2.18. The summed E-state index contributed by atoms with van der Waals surface area (Å²) in [5.41, 5.74) is 7.61. The second kappa shape index (κ2) is 5.29. The van der Waals surface area contributed by atoms with E-state index in [1.807, 2.05) is 24.3 Å². The van der Waals surface area contributed by atoms with E-state index in [1.54, 1.807) is 0 Å². The third-order valence-corrected chi connectivity index (χ3v) is 3.85. The van der Waals surface area contributed by atoms with Crippen molar-refractivity contribution < 1.29 is 8.78 Å². The molecule has 0 atom stereocenters. The van der Waals surface area contributed by atoms with E-state index in [4.69, 9.17) is 5.73 Å². The van der Waals surface area contributed by atoms with Crippen molar-refractivity contribution in [1.29, 1.82) is 0 Å². The zero-order valence-electron chi connectivity index (χ0n) is 10.7. The molecule has 0 saturated heterocycles. The van der Waals surface area contributed by atoms with Gasteiger partial charge < -0.3 is 5.73 Å². The molecule has 3 aromatic rings. The summed E-state index contributed by atoms with van der Waals surface area (Å²) in [6, 6.07) is 11.3. The van der Waals surface area contributed by atoms with Crippen molar-refractivity contribution in [2.75, 3.05) is 5.73 Å². The summed E-state index contributed by atoms with van der Waals surface area (Å²) >= 11 is 3.43. The van der Waals surface area contributed by atoms with E-state index < -0.39 is 11.6 Å². The predicted octanol–water partition coefficient (Wildman–Crippen LogP) is 4.37. The minimum absolute atomic E-state index is 0.0879. The molecular weight excluding hydrogens is 340 g/mol. The summed E-state index contributed by atoms with van der Waals surface area (Å²) in [6.07, 6.45) is 0. The number of aromatic amines is 1. The van der Waals surface area contributed by atoms with Gasteiger partial charge in [0.25, 0.3) is 0 Å². The summed E-state index contributed by atoms with van der Waals surface area (Å²) in [4.78, 5) is 0. The minimum atomic E-state index is -0.936. The lowest BCUT2D eigenvalue weighted by Crippen LogP contribution is -1.93. The molecule has 3 nitrogen and oxygen atoms in total. The van der Waals surface area contributed by atoms with Gasteiger partial charge in [-0.3, -0.25) is 5.10 Å². The van der Waals surface area contributed by atoms with Crippen LogP contribution in [0.3, 0.4) is 0 Å². The lowest BCUT2D eigenvalue weighted by atomic mass is 10.0. The Bertz CT molecular complexity index is 814. The van der Waals surface area contributed by atoms with Gasteiger partial charge in [-0.05, 0) is 18.2 Å². The average Bonchev–Trinajstić information content (AvgIpc) is 2.84. The van der Waals surface area contributed by atoms with Crippen molar-refractivity contribution in [1.82, 2.24) is 10.2 Å². The number of aromatic nitrogens is 2. The first-order chi connectivity index (χ1) is 10.1. The molecule has 0 radical (unpaired) electrons. The predicted molar refractivity (Wildman–Crippen MR) is 81.5 cm³/mol. The van der Waals surface area contributed by atoms with Crippen LogP contribution in [0, 0.1) is 11.6 Å².